The van der Waals surface area contributed by atoms with Crippen LogP contribution in [0.2, 0.25) is 5.15 Å². The molecule has 1 saturated heterocycles. The first kappa shape index (κ1) is 20.4. The maximum atomic E-state index is 5.76. The van der Waals surface area contributed by atoms with Gasteiger partial charge >= 0.3 is 0 Å². The van der Waals surface area contributed by atoms with Crippen molar-refractivity contribution in [3.8, 4) is 17.0 Å². The Morgan fingerprint density at radius 1 is 1.11 bits per heavy atom. The van der Waals surface area contributed by atoms with E-state index >= 15 is 0 Å². The van der Waals surface area contributed by atoms with Gasteiger partial charge in [-0.25, -0.2) is 9.97 Å². The molecule has 28 heavy (non-hydrogen) atoms. The van der Waals surface area contributed by atoms with E-state index in [1.165, 1.54) is 11.8 Å². The molecular weight excluding hydrogens is 399 g/mol. The first-order valence-electron chi connectivity index (χ1n) is 8.92. The van der Waals surface area contributed by atoms with Crippen molar-refractivity contribution in [3.05, 3.63) is 47.4 Å². The Labute approximate surface area is 174 Å². The fourth-order valence-electron chi connectivity index (χ4n) is 3.37. The standard InChI is InChI=1S/C19H21ClN6O.ClH/c1-27-16-8-13(12-4-6-21-7-5-12)2-3-14(16)15-9-18(26-25-15)24-19-11-22-17(20)10-23-19;/h2-3,8-12,21H,4-7H2,1H3,(H2,23,24,25,26);1H. The molecule has 9 heteroatoms. The highest BCUT2D eigenvalue weighted by molar-refractivity contribution is 6.29. The van der Waals surface area contributed by atoms with Crippen molar-refractivity contribution in [1.82, 2.24) is 25.5 Å². The minimum absolute atomic E-state index is 0. The van der Waals surface area contributed by atoms with Crippen LogP contribution in [0.1, 0.15) is 24.3 Å². The van der Waals surface area contributed by atoms with Crippen LogP contribution in [0.15, 0.2) is 36.7 Å². The van der Waals surface area contributed by atoms with Crippen molar-refractivity contribution in [2.45, 2.75) is 18.8 Å². The molecule has 1 aliphatic rings. The monoisotopic (exact) mass is 420 g/mol. The van der Waals surface area contributed by atoms with E-state index in [1.807, 2.05) is 6.07 Å². The third-order valence-corrected chi connectivity index (χ3v) is 4.98. The lowest BCUT2D eigenvalue weighted by Gasteiger charge is -2.23. The number of rotatable bonds is 5. The summed E-state index contributed by atoms with van der Waals surface area (Å²) in [5, 5.41) is 14.2. The number of methoxy groups -OCH3 is 1. The van der Waals surface area contributed by atoms with Gasteiger partial charge in [-0.15, -0.1) is 12.4 Å². The van der Waals surface area contributed by atoms with Gasteiger partial charge in [-0.2, -0.15) is 5.10 Å². The summed E-state index contributed by atoms with van der Waals surface area (Å²) in [4.78, 5) is 8.16. The molecule has 0 spiro atoms. The zero-order valence-electron chi connectivity index (χ0n) is 15.4. The summed E-state index contributed by atoms with van der Waals surface area (Å²) in [5.74, 6) is 2.64. The van der Waals surface area contributed by atoms with Crippen molar-refractivity contribution >= 4 is 35.6 Å². The molecule has 0 saturated carbocycles. The second-order valence-electron chi connectivity index (χ2n) is 6.50. The summed E-state index contributed by atoms with van der Waals surface area (Å²) in [6, 6.07) is 8.34. The van der Waals surface area contributed by atoms with Gasteiger partial charge in [0.2, 0.25) is 0 Å². The van der Waals surface area contributed by atoms with E-state index in [-0.39, 0.29) is 12.4 Å². The normalized spacial score (nSPS) is 14.4. The number of nitrogens with one attached hydrogen (secondary N) is 3. The Morgan fingerprint density at radius 3 is 2.64 bits per heavy atom. The van der Waals surface area contributed by atoms with Crippen molar-refractivity contribution in [2.24, 2.45) is 0 Å². The summed E-state index contributed by atoms with van der Waals surface area (Å²) >= 11 is 5.76. The van der Waals surface area contributed by atoms with Crippen LogP contribution >= 0.6 is 24.0 Å². The van der Waals surface area contributed by atoms with Crippen LogP contribution in [-0.2, 0) is 0 Å². The van der Waals surface area contributed by atoms with Crippen LogP contribution in [0.25, 0.3) is 11.3 Å². The van der Waals surface area contributed by atoms with Crippen molar-refractivity contribution in [3.63, 3.8) is 0 Å². The van der Waals surface area contributed by atoms with E-state index in [0.29, 0.717) is 22.7 Å². The number of nitrogens with zero attached hydrogens (tertiary/aromatic N) is 3. The number of hydrogen-bond acceptors (Lipinski definition) is 6. The highest BCUT2D eigenvalue weighted by Gasteiger charge is 2.18. The predicted octanol–water partition coefficient (Wildman–Crippen LogP) is 4.16. The Kier molecular flexibility index (Phi) is 6.72. The highest BCUT2D eigenvalue weighted by Crippen LogP contribution is 2.35. The highest BCUT2D eigenvalue weighted by atomic mass is 35.5. The topological polar surface area (TPSA) is 87.8 Å². The number of H-pyrrole nitrogens is 1. The zero-order valence-corrected chi connectivity index (χ0v) is 17.0. The van der Waals surface area contributed by atoms with Gasteiger partial charge < -0.3 is 15.4 Å². The van der Waals surface area contributed by atoms with Gasteiger partial charge in [0.25, 0.3) is 0 Å². The van der Waals surface area contributed by atoms with E-state index in [1.54, 1.807) is 13.3 Å². The molecule has 7 nitrogen and oxygen atoms in total. The average molecular weight is 421 g/mol. The molecule has 0 radical (unpaired) electrons. The van der Waals surface area contributed by atoms with Gasteiger partial charge in [0.05, 0.1) is 25.2 Å². The molecule has 3 aromatic rings. The molecule has 0 amide bonds. The van der Waals surface area contributed by atoms with Crippen LogP contribution in [0.4, 0.5) is 11.6 Å². The molecule has 148 valence electrons. The molecule has 3 N–H and O–H groups in total. The number of anilines is 2. The lowest BCUT2D eigenvalue weighted by Crippen LogP contribution is -2.26. The third kappa shape index (κ3) is 4.55. The minimum atomic E-state index is 0. The zero-order chi connectivity index (χ0) is 18.6. The van der Waals surface area contributed by atoms with E-state index in [9.17, 15) is 0 Å². The number of benzene rings is 1. The van der Waals surface area contributed by atoms with Gasteiger partial charge in [-0.05, 0) is 49.5 Å². The van der Waals surface area contributed by atoms with E-state index in [4.69, 9.17) is 16.3 Å². The first-order valence-corrected chi connectivity index (χ1v) is 9.30. The number of halogens is 2. The number of aromatic nitrogens is 4. The van der Waals surface area contributed by atoms with Gasteiger partial charge in [0.15, 0.2) is 5.82 Å². The quantitative estimate of drug-likeness (QED) is 0.574. The summed E-state index contributed by atoms with van der Waals surface area (Å²) in [6.07, 6.45) is 5.36. The molecule has 1 aromatic carbocycles. The number of aromatic amines is 1. The summed E-state index contributed by atoms with van der Waals surface area (Å²) < 4.78 is 5.65. The van der Waals surface area contributed by atoms with Gasteiger partial charge in [-0.3, -0.25) is 5.10 Å². The maximum absolute atomic E-state index is 5.76. The predicted molar refractivity (Wildman–Crippen MR) is 113 cm³/mol. The van der Waals surface area contributed by atoms with E-state index < -0.39 is 0 Å². The molecule has 3 heterocycles. The molecular formula is C19H22Cl2N6O. The fourth-order valence-corrected chi connectivity index (χ4v) is 3.47. The fraction of sp³-hybridized carbons (Fsp3) is 0.316. The second kappa shape index (κ2) is 9.23. The van der Waals surface area contributed by atoms with Crippen LogP contribution in [0.3, 0.4) is 0 Å². The molecule has 0 atom stereocenters. The summed E-state index contributed by atoms with van der Waals surface area (Å²) in [7, 11) is 1.70. The largest absolute Gasteiger partial charge is 0.496 e. The molecule has 4 rings (SSSR count). The number of ether oxygens (including phenoxy) is 1. The smallest absolute Gasteiger partial charge is 0.153 e. The molecule has 0 unspecified atom stereocenters. The SMILES string of the molecule is COc1cc(C2CCNCC2)ccc1-c1cc(Nc2cnc(Cl)cn2)n[nH]1.Cl. The first-order chi connectivity index (χ1) is 13.2. The molecule has 0 aliphatic carbocycles. The van der Waals surface area contributed by atoms with Crippen LogP contribution in [0.5, 0.6) is 5.75 Å². The maximum Gasteiger partial charge on any atom is 0.153 e. The lowest BCUT2D eigenvalue weighted by atomic mass is 9.89. The van der Waals surface area contributed by atoms with Gasteiger partial charge in [0.1, 0.15) is 16.7 Å². The second-order valence-corrected chi connectivity index (χ2v) is 6.89. The minimum Gasteiger partial charge on any atom is -0.496 e. The number of hydrogen-bond donors (Lipinski definition) is 3. The van der Waals surface area contributed by atoms with Crippen molar-refractivity contribution in [2.75, 3.05) is 25.5 Å². The van der Waals surface area contributed by atoms with Crippen LogP contribution < -0.4 is 15.4 Å². The summed E-state index contributed by atoms with van der Waals surface area (Å²) in [5.41, 5.74) is 3.16. The third-order valence-electron chi connectivity index (χ3n) is 4.78. The Bertz CT molecular complexity index is 909. The van der Waals surface area contributed by atoms with Crippen molar-refractivity contribution < 1.29 is 4.74 Å². The molecule has 2 aromatic heterocycles. The van der Waals surface area contributed by atoms with E-state index in [0.717, 1.165) is 42.9 Å². The summed E-state index contributed by atoms with van der Waals surface area (Å²) in [6.45, 7) is 2.13. The Hall–Kier alpha value is -2.35. The Morgan fingerprint density at radius 2 is 1.93 bits per heavy atom. The lowest BCUT2D eigenvalue weighted by molar-refractivity contribution is 0.412. The van der Waals surface area contributed by atoms with Crippen LogP contribution in [0, 0.1) is 0 Å². The molecule has 1 aliphatic heterocycles. The molecule has 0 bridgehead atoms. The molecule has 1 fully saturated rings. The van der Waals surface area contributed by atoms with Gasteiger partial charge in [0, 0.05) is 11.6 Å². The van der Waals surface area contributed by atoms with Crippen molar-refractivity contribution in [1.29, 1.82) is 0 Å². The van der Waals surface area contributed by atoms with Crippen LogP contribution in [-0.4, -0.2) is 40.4 Å². The average Bonchev–Trinajstić information content (AvgIpc) is 3.18. The number of piperidine rings is 1. The van der Waals surface area contributed by atoms with Gasteiger partial charge in [-0.1, -0.05) is 17.7 Å². The van der Waals surface area contributed by atoms with E-state index in [2.05, 4.69) is 49.0 Å². The Balaban J connectivity index is 0.00000225.